The van der Waals surface area contributed by atoms with E-state index in [2.05, 4.69) is 36.2 Å². The number of nitrogens with one attached hydrogen (secondary N) is 1. The Morgan fingerprint density at radius 1 is 1.29 bits per heavy atom. The molecular weight excluding hydrogens is 382 g/mol. The van der Waals surface area contributed by atoms with Gasteiger partial charge in [-0.15, -0.1) is 0 Å². The maximum Gasteiger partial charge on any atom is 0.297 e. The van der Waals surface area contributed by atoms with Gasteiger partial charge in [-0.1, -0.05) is 22.0 Å². The van der Waals surface area contributed by atoms with E-state index in [0.717, 1.165) is 10.0 Å². The van der Waals surface area contributed by atoms with E-state index < -0.39 is 12.2 Å². The molecule has 24 heavy (non-hydrogen) atoms. The minimum Gasteiger partial charge on any atom is -0.338 e. The van der Waals surface area contributed by atoms with Crippen molar-refractivity contribution in [1.29, 1.82) is 0 Å². The molecule has 0 spiro atoms. The van der Waals surface area contributed by atoms with Crippen LogP contribution in [0.5, 0.6) is 0 Å². The third-order valence-corrected chi connectivity index (χ3v) is 4.29. The first-order valence-corrected chi connectivity index (χ1v) is 7.72. The lowest BCUT2D eigenvalue weighted by molar-refractivity contribution is 0.112. The molecule has 0 atom stereocenters. The van der Waals surface area contributed by atoms with E-state index in [1.807, 2.05) is 19.1 Å². The van der Waals surface area contributed by atoms with Crippen molar-refractivity contribution < 1.29 is 13.6 Å². The van der Waals surface area contributed by atoms with Gasteiger partial charge < -0.3 is 5.32 Å². The first kappa shape index (κ1) is 16.4. The predicted octanol–water partition coefficient (Wildman–Crippen LogP) is 4.59. The molecule has 0 saturated heterocycles. The lowest BCUT2D eigenvalue weighted by atomic mass is 10.2. The summed E-state index contributed by atoms with van der Waals surface area (Å²) in [6.45, 7) is 1.88. The van der Waals surface area contributed by atoms with Crippen molar-refractivity contribution in [3.8, 4) is 0 Å². The van der Waals surface area contributed by atoms with Crippen LogP contribution in [0.2, 0.25) is 0 Å². The Kier molecular flexibility index (Phi) is 4.48. The first-order chi connectivity index (χ1) is 11.5. The molecule has 8 heteroatoms. The zero-order chi connectivity index (χ0) is 17.3. The topological polar surface area (TPSA) is 67.8 Å². The van der Waals surface area contributed by atoms with Gasteiger partial charge in [0.15, 0.2) is 17.9 Å². The van der Waals surface area contributed by atoms with Crippen molar-refractivity contribution in [3.63, 3.8) is 0 Å². The molecule has 0 aliphatic rings. The second kappa shape index (κ2) is 6.56. The second-order valence-corrected chi connectivity index (χ2v) is 5.88. The average Bonchev–Trinajstić information content (AvgIpc) is 2.58. The standard InChI is InChI=1S/C16H11BrF2N4O/c1-8-10(17)3-2-4-11(8)21-15-13-12(5-9(7-24)6-20-13)22-16(23-15)14(18)19/h2-7,14H,1H3,(H,21,22,23). The molecule has 0 unspecified atom stereocenters. The molecule has 0 radical (unpaired) electrons. The molecule has 0 saturated carbocycles. The number of fused-ring (bicyclic) bond motifs is 1. The molecule has 0 fully saturated rings. The summed E-state index contributed by atoms with van der Waals surface area (Å²) < 4.78 is 27.1. The number of hydrogen-bond donors (Lipinski definition) is 1. The molecular formula is C16H11BrF2N4O. The van der Waals surface area contributed by atoms with Gasteiger partial charge in [-0.3, -0.25) is 4.79 Å². The molecule has 0 aliphatic heterocycles. The quantitative estimate of drug-likeness (QED) is 0.657. The van der Waals surface area contributed by atoms with E-state index in [0.29, 0.717) is 17.5 Å². The van der Waals surface area contributed by atoms with Crippen LogP contribution < -0.4 is 5.32 Å². The summed E-state index contributed by atoms with van der Waals surface area (Å²) in [7, 11) is 0. The van der Waals surface area contributed by atoms with Crippen LogP contribution in [-0.2, 0) is 0 Å². The monoisotopic (exact) mass is 392 g/mol. The molecule has 2 heterocycles. The number of benzene rings is 1. The lowest BCUT2D eigenvalue weighted by Crippen LogP contribution is -2.04. The Bertz CT molecular complexity index is 933. The number of alkyl halides is 2. The number of pyridine rings is 1. The van der Waals surface area contributed by atoms with E-state index in [1.54, 1.807) is 6.07 Å². The van der Waals surface area contributed by atoms with Crippen LogP contribution in [0.25, 0.3) is 11.0 Å². The molecule has 5 nitrogen and oxygen atoms in total. The van der Waals surface area contributed by atoms with Gasteiger partial charge in [0.25, 0.3) is 6.43 Å². The van der Waals surface area contributed by atoms with Crippen LogP contribution >= 0.6 is 15.9 Å². The van der Waals surface area contributed by atoms with Crippen LogP contribution in [0.4, 0.5) is 20.3 Å². The summed E-state index contributed by atoms with van der Waals surface area (Å²) in [6.07, 6.45) is -0.902. The predicted molar refractivity (Wildman–Crippen MR) is 89.8 cm³/mol. The number of rotatable bonds is 4. The molecule has 3 aromatic rings. The Morgan fingerprint density at radius 2 is 2.08 bits per heavy atom. The highest BCUT2D eigenvalue weighted by Crippen LogP contribution is 2.29. The SMILES string of the molecule is Cc1c(Br)cccc1Nc1nc(C(F)F)nc2cc(C=O)cnc12. The van der Waals surface area contributed by atoms with Crippen LogP contribution in [0, 0.1) is 6.92 Å². The molecule has 1 N–H and O–H groups in total. The van der Waals surface area contributed by atoms with Crippen molar-refractivity contribution in [2.45, 2.75) is 13.3 Å². The van der Waals surface area contributed by atoms with Gasteiger partial charge in [-0.05, 0) is 30.7 Å². The van der Waals surface area contributed by atoms with E-state index in [1.165, 1.54) is 12.3 Å². The molecule has 122 valence electrons. The van der Waals surface area contributed by atoms with Crippen LogP contribution in [-0.4, -0.2) is 21.2 Å². The van der Waals surface area contributed by atoms with E-state index in [9.17, 15) is 13.6 Å². The van der Waals surface area contributed by atoms with Gasteiger partial charge in [0, 0.05) is 21.9 Å². The number of nitrogens with zero attached hydrogens (tertiary/aromatic N) is 3. The summed E-state index contributed by atoms with van der Waals surface area (Å²) in [6, 6.07) is 6.89. The fourth-order valence-corrected chi connectivity index (χ4v) is 2.54. The Morgan fingerprint density at radius 3 is 2.79 bits per heavy atom. The third kappa shape index (κ3) is 3.09. The lowest BCUT2D eigenvalue weighted by Gasteiger charge is -2.13. The molecule has 3 rings (SSSR count). The zero-order valence-electron chi connectivity index (χ0n) is 12.4. The van der Waals surface area contributed by atoms with Crippen molar-refractivity contribution in [3.05, 3.63) is 51.9 Å². The van der Waals surface area contributed by atoms with Gasteiger partial charge >= 0.3 is 0 Å². The van der Waals surface area contributed by atoms with E-state index >= 15 is 0 Å². The van der Waals surface area contributed by atoms with Crippen LogP contribution in [0.3, 0.4) is 0 Å². The van der Waals surface area contributed by atoms with Gasteiger partial charge in [0.1, 0.15) is 5.52 Å². The summed E-state index contributed by atoms with van der Waals surface area (Å²) in [5.74, 6) is -0.462. The molecule has 0 bridgehead atoms. The number of carbonyl (C=O) groups excluding carboxylic acids is 1. The van der Waals surface area contributed by atoms with Crippen LogP contribution in [0.1, 0.15) is 28.2 Å². The number of aldehydes is 1. The first-order valence-electron chi connectivity index (χ1n) is 6.92. The van der Waals surface area contributed by atoms with Gasteiger partial charge in [-0.25, -0.2) is 23.7 Å². The zero-order valence-corrected chi connectivity index (χ0v) is 14.0. The molecule has 1 aromatic carbocycles. The van der Waals surface area contributed by atoms with Gasteiger partial charge in [0.05, 0.1) is 5.52 Å². The van der Waals surface area contributed by atoms with E-state index in [-0.39, 0.29) is 16.9 Å². The Labute approximate surface area is 144 Å². The minimum absolute atomic E-state index is 0.161. The number of aromatic nitrogens is 3. The molecule has 0 aliphatic carbocycles. The fourth-order valence-electron chi connectivity index (χ4n) is 2.17. The van der Waals surface area contributed by atoms with Gasteiger partial charge in [0.2, 0.25) is 0 Å². The largest absolute Gasteiger partial charge is 0.338 e. The third-order valence-electron chi connectivity index (χ3n) is 3.43. The summed E-state index contributed by atoms with van der Waals surface area (Å²) in [5, 5.41) is 3.02. The second-order valence-electron chi connectivity index (χ2n) is 5.02. The summed E-state index contributed by atoms with van der Waals surface area (Å²) in [5.41, 5.74) is 2.34. The number of hydrogen-bond acceptors (Lipinski definition) is 5. The maximum atomic E-state index is 13.1. The smallest absolute Gasteiger partial charge is 0.297 e. The average molecular weight is 393 g/mol. The molecule has 2 aromatic heterocycles. The fraction of sp³-hybridized carbons (Fsp3) is 0.125. The maximum absolute atomic E-state index is 13.1. The highest BCUT2D eigenvalue weighted by Gasteiger charge is 2.17. The van der Waals surface area contributed by atoms with Crippen LogP contribution in [0.15, 0.2) is 34.9 Å². The Balaban J connectivity index is 2.18. The summed E-state index contributed by atoms with van der Waals surface area (Å²) in [4.78, 5) is 22.7. The van der Waals surface area contributed by atoms with Crippen molar-refractivity contribution in [2.75, 3.05) is 5.32 Å². The minimum atomic E-state index is -2.83. The van der Waals surface area contributed by atoms with Gasteiger partial charge in [-0.2, -0.15) is 0 Å². The normalized spacial score (nSPS) is 11.0. The summed E-state index contributed by atoms with van der Waals surface area (Å²) >= 11 is 3.42. The Hall–Kier alpha value is -2.48. The number of halogens is 3. The van der Waals surface area contributed by atoms with Crippen molar-refractivity contribution >= 4 is 44.8 Å². The molecule has 0 amide bonds. The highest BCUT2D eigenvalue weighted by molar-refractivity contribution is 9.10. The van der Waals surface area contributed by atoms with E-state index in [4.69, 9.17) is 0 Å². The number of anilines is 2. The highest BCUT2D eigenvalue weighted by atomic mass is 79.9. The van der Waals surface area contributed by atoms with Crippen molar-refractivity contribution in [2.24, 2.45) is 0 Å². The number of carbonyl (C=O) groups is 1. The van der Waals surface area contributed by atoms with Crippen molar-refractivity contribution in [1.82, 2.24) is 15.0 Å².